The first-order valence-electron chi connectivity index (χ1n) is 5.95. The smallest absolute Gasteiger partial charge is 0.160 e. The monoisotopic (exact) mass is 216 g/mol. The van der Waals surface area contributed by atoms with Gasteiger partial charge in [-0.2, -0.15) is 0 Å². The largest absolute Gasteiger partial charge is 0.398 e. The van der Waals surface area contributed by atoms with Crippen LogP contribution in [0.5, 0.6) is 0 Å². The topological polar surface area (TPSA) is 56.2 Å². The Hall–Kier alpha value is -1.58. The summed E-state index contributed by atoms with van der Waals surface area (Å²) in [5, 5.41) is 8.51. The SMILES string of the molecule is Nc1ccc2nnc(C3CCCCC3)n2c1. The Morgan fingerprint density at radius 1 is 1.12 bits per heavy atom. The van der Waals surface area contributed by atoms with Gasteiger partial charge in [0.1, 0.15) is 5.82 Å². The molecule has 0 spiro atoms. The van der Waals surface area contributed by atoms with Crippen molar-refractivity contribution < 1.29 is 0 Å². The van der Waals surface area contributed by atoms with E-state index in [-0.39, 0.29) is 0 Å². The van der Waals surface area contributed by atoms with E-state index >= 15 is 0 Å². The zero-order valence-electron chi connectivity index (χ0n) is 9.26. The molecule has 2 aromatic rings. The molecule has 0 unspecified atom stereocenters. The molecular weight excluding hydrogens is 200 g/mol. The zero-order valence-corrected chi connectivity index (χ0v) is 9.26. The van der Waals surface area contributed by atoms with E-state index in [1.165, 1.54) is 32.1 Å². The first-order valence-corrected chi connectivity index (χ1v) is 5.95. The normalized spacial score (nSPS) is 18.0. The van der Waals surface area contributed by atoms with Crippen LogP contribution in [-0.2, 0) is 0 Å². The van der Waals surface area contributed by atoms with Crippen LogP contribution in [0.15, 0.2) is 18.3 Å². The average Bonchev–Trinajstić information content (AvgIpc) is 2.73. The molecule has 1 aliphatic rings. The molecular formula is C12H16N4. The molecule has 1 aliphatic carbocycles. The van der Waals surface area contributed by atoms with Crippen LogP contribution < -0.4 is 5.73 Å². The summed E-state index contributed by atoms with van der Waals surface area (Å²) < 4.78 is 2.05. The Kier molecular flexibility index (Phi) is 2.27. The van der Waals surface area contributed by atoms with E-state index in [1.54, 1.807) is 0 Å². The summed E-state index contributed by atoms with van der Waals surface area (Å²) in [7, 11) is 0. The number of pyridine rings is 1. The summed E-state index contributed by atoms with van der Waals surface area (Å²) >= 11 is 0. The minimum atomic E-state index is 0.561. The fourth-order valence-electron chi connectivity index (χ4n) is 2.56. The number of nitrogens with two attached hydrogens (primary N) is 1. The Bertz CT molecular complexity index is 497. The van der Waals surface area contributed by atoms with Crippen LogP contribution in [0.1, 0.15) is 43.8 Å². The molecule has 0 amide bonds. The number of anilines is 1. The van der Waals surface area contributed by atoms with Crippen molar-refractivity contribution in [2.24, 2.45) is 0 Å². The van der Waals surface area contributed by atoms with Gasteiger partial charge in [0.25, 0.3) is 0 Å². The molecule has 0 bridgehead atoms. The second-order valence-corrected chi connectivity index (χ2v) is 4.58. The molecule has 1 fully saturated rings. The number of aromatic nitrogens is 3. The lowest BCUT2D eigenvalue weighted by Crippen LogP contribution is -2.08. The van der Waals surface area contributed by atoms with Crippen LogP contribution in [0, 0.1) is 0 Å². The second kappa shape index (κ2) is 3.77. The highest BCUT2D eigenvalue weighted by Crippen LogP contribution is 2.31. The molecule has 0 saturated heterocycles. The number of hydrogen-bond acceptors (Lipinski definition) is 3. The van der Waals surface area contributed by atoms with Crippen LogP contribution in [0.2, 0.25) is 0 Å². The quantitative estimate of drug-likeness (QED) is 0.796. The number of nitrogens with zero attached hydrogens (tertiary/aromatic N) is 3. The number of fused-ring (bicyclic) bond motifs is 1. The summed E-state index contributed by atoms with van der Waals surface area (Å²) in [6, 6.07) is 3.79. The van der Waals surface area contributed by atoms with E-state index in [2.05, 4.69) is 10.2 Å². The molecule has 3 rings (SSSR count). The lowest BCUT2D eigenvalue weighted by molar-refractivity contribution is 0.426. The summed E-state index contributed by atoms with van der Waals surface area (Å²) in [6.45, 7) is 0. The van der Waals surface area contributed by atoms with Gasteiger partial charge in [-0.3, -0.25) is 4.40 Å². The van der Waals surface area contributed by atoms with Gasteiger partial charge in [-0.05, 0) is 25.0 Å². The van der Waals surface area contributed by atoms with Crippen molar-refractivity contribution in [1.82, 2.24) is 14.6 Å². The third kappa shape index (κ3) is 1.54. The van der Waals surface area contributed by atoms with Gasteiger partial charge in [-0.1, -0.05) is 19.3 Å². The Morgan fingerprint density at radius 3 is 2.75 bits per heavy atom. The average molecular weight is 216 g/mol. The molecule has 4 heteroatoms. The van der Waals surface area contributed by atoms with E-state index in [1.807, 2.05) is 22.7 Å². The lowest BCUT2D eigenvalue weighted by atomic mass is 9.89. The minimum absolute atomic E-state index is 0.561. The zero-order chi connectivity index (χ0) is 11.0. The maximum atomic E-state index is 5.81. The summed E-state index contributed by atoms with van der Waals surface area (Å²) in [5.41, 5.74) is 7.47. The van der Waals surface area contributed by atoms with Gasteiger partial charge in [-0.15, -0.1) is 10.2 Å². The molecule has 2 N–H and O–H groups in total. The van der Waals surface area contributed by atoms with E-state index in [0.29, 0.717) is 5.92 Å². The predicted molar refractivity (Wildman–Crippen MR) is 63.2 cm³/mol. The number of rotatable bonds is 1. The maximum Gasteiger partial charge on any atom is 0.160 e. The van der Waals surface area contributed by atoms with Crippen LogP contribution >= 0.6 is 0 Å². The fourth-order valence-corrected chi connectivity index (χ4v) is 2.56. The van der Waals surface area contributed by atoms with E-state index in [9.17, 15) is 0 Å². The molecule has 2 aromatic heterocycles. The molecule has 16 heavy (non-hydrogen) atoms. The second-order valence-electron chi connectivity index (χ2n) is 4.58. The molecule has 4 nitrogen and oxygen atoms in total. The highest BCUT2D eigenvalue weighted by atomic mass is 15.2. The highest BCUT2D eigenvalue weighted by Gasteiger charge is 2.20. The van der Waals surface area contributed by atoms with E-state index < -0.39 is 0 Å². The molecule has 0 radical (unpaired) electrons. The fraction of sp³-hybridized carbons (Fsp3) is 0.500. The Balaban J connectivity index is 2.05. The third-order valence-corrected chi connectivity index (χ3v) is 3.42. The number of hydrogen-bond donors (Lipinski definition) is 1. The van der Waals surface area contributed by atoms with Gasteiger partial charge in [0.15, 0.2) is 5.65 Å². The third-order valence-electron chi connectivity index (χ3n) is 3.42. The maximum absolute atomic E-state index is 5.81. The lowest BCUT2D eigenvalue weighted by Gasteiger charge is -2.19. The van der Waals surface area contributed by atoms with Gasteiger partial charge in [-0.25, -0.2) is 0 Å². The van der Waals surface area contributed by atoms with E-state index in [0.717, 1.165) is 17.2 Å². The van der Waals surface area contributed by atoms with Crippen molar-refractivity contribution in [2.45, 2.75) is 38.0 Å². The van der Waals surface area contributed by atoms with Crippen molar-refractivity contribution in [3.63, 3.8) is 0 Å². The minimum Gasteiger partial charge on any atom is -0.398 e. The molecule has 84 valence electrons. The van der Waals surface area contributed by atoms with Crippen molar-refractivity contribution in [3.05, 3.63) is 24.2 Å². The Morgan fingerprint density at radius 2 is 1.94 bits per heavy atom. The molecule has 0 atom stereocenters. The van der Waals surface area contributed by atoms with Crippen molar-refractivity contribution in [1.29, 1.82) is 0 Å². The van der Waals surface area contributed by atoms with Crippen LogP contribution in [0.4, 0.5) is 5.69 Å². The van der Waals surface area contributed by atoms with Crippen molar-refractivity contribution >= 4 is 11.3 Å². The van der Waals surface area contributed by atoms with Gasteiger partial charge in [0.05, 0.1) is 0 Å². The van der Waals surface area contributed by atoms with Crippen LogP contribution in [-0.4, -0.2) is 14.6 Å². The summed E-state index contributed by atoms with van der Waals surface area (Å²) in [6.07, 6.45) is 8.36. The van der Waals surface area contributed by atoms with E-state index in [4.69, 9.17) is 5.73 Å². The predicted octanol–water partition coefficient (Wildman–Crippen LogP) is 2.36. The van der Waals surface area contributed by atoms with Gasteiger partial charge >= 0.3 is 0 Å². The molecule has 0 aliphatic heterocycles. The van der Waals surface area contributed by atoms with Gasteiger partial charge in [0.2, 0.25) is 0 Å². The Labute approximate surface area is 94.5 Å². The van der Waals surface area contributed by atoms with Crippen molar-refractivity contribution in [2.75, 3.05) is 5.73 Å². The first kappa shape index (κ1) is 9.63. The highest BCUT2D eigenvalue weighted by molar-refractivity contribution is 5.47. The molecule has 1 saturated carbocycles. The van der Waals surface area contributed by atoms with Crippen LogP contribution in [0.3, 0.4) is 0 Å². The summed E-state index contributed by atoms with van der Waals surface area (Å²) in [5.74, 6) is 1.65. The molecule has 2 heterocycles. The summed E-state index contributed by atoms with van der Waals surface area (Å²) in [4.78, 5) is 0. The number of nitrogen functional groups attached to an aromatic ring is 1. The molecule has 0 aromatic carbocycles. The standard InChI is InChI=1S/C12H16N4/c13-10-6-7-11-14-15-12(16(11)8-10)9-4-2-1-3-5-9/h6-9H,1-5,13H2. The first-order chi connectivity index (χ1) is 7.84. The van der Waals surface area contributed by atoms with Crippen molar-refractivity contribution in [3.8, 4) is 0 Å². The van der Waals surface area contributed by atoms with Gasteiger partial charge < -0.3 is 5.73 Å². The van der Waals surface area contributed by atoms with Gasteiger partial charge in [0, 0.05) is 17.8 Å². The van der Waals surface area contributed by atoms with Crippen LogP contribution in [0.25, 0.3) is 5.65 Å².